The van der Waals surface area contributed by atoms with Gasteiger partial charge in [-0.25, -0.2) is 9.88 Å². The van der Waals surface area contributed by atoms with Gasteiger partial charge in [-0.05, 0) is 63.6 Å². The normalized spacial score (nSPS) is 13.8. The number of carbonyl (C=O) groups is 3. The van der Waals surface area contributed by atoms with E-state index in [1.54, 1.807) is 24.4 Å². The highest BCUT2D eigenvalue weighted by Gasteiger charge is 2.38. The number of pyridine rings is 1. The quantitative estimate of drug-likeness (QED) is 0.855. The molecule has 128 valence electrons. The van der Waals surface area contributed by atoms with E-state index in [1.807, 2.05) is 27.7 Å². The van der Waals surface area contributed by atoms with E-state index in [9.17, 15) is 14.4 Å². The van der Waals surface area contributed by atoms with Crippen molar-refractivity contribution in [2.45, 2.75) is 33.2 Å². The molecule has 0 aliphatic carbocycles. The predicted octanol–water partition coefficient (Wildman–Crippen LogP) is 2.72. The highest BCUT2D eigenvalue weighted by molar-refractivity contribution is 6.34. The summed E-state index contributed by atoms with van der Waals surface area (Å²) in [7, 11) is 0. The Bertz CT molecular complexity index is 897. The van der Waals surface area contributed by atoms with Crippen LogP contribution in [0.1, 0.15) is 57.4 Å². The lowest BCUT2D eigenvalue weighted by Crippen LogP contribution is -2.40. The zero-order valence-corrected chi connectivity index (χ0v) is 14.6. The molecule has 0 bridgehead atoms. The largest absolute Gasteiger partial charge is 0.347 e. The van der Waals surface area contributed by atoms with Crippen molar-refractivity contribution in [2.24, 2.45) is 0 Å². The Morgan fingerprint density at radius 1 is 1.04 bits per heavy atom. The monoisotopic (exact) mass is 337 g/mol. The number of nitrogens with one attached hydrogen (secondary N) is 1. The van der Waals surface area contributed by atoms with E-state index in [2.05, 4.69) is 10.3 Å². The van der Waals surface area contributed by atoms with Gasteiger partial charge in [-0.15, -0.1) is 0 Å². The van der Waals surface area contributed by atoms with Crippen molar-refractivity contribution in [3.05, 3.63) is 58.8 Å². The van der Waals surface area contributed by atoms with Gasteiger partial charge in [-0.3, -0.25) is 14.4 Å². The zero-order chi connectivity index (χ0) is 18.4. The van der Waals surface area contributed by atoms with Crippen LogP contribution in [0.3, 0.4) is 0 Å². The first-order valence-corrected chi connectivity index (χ1v) is 7.95. The molecule has 25 heavy (non-hydrogen) atoms. The molecular weight excluding hydrogens is 318 g/mol. The summed E-state index contributed by atoms with van der Waals surface area (Å²) in [5.74, 6) is -0.904. The molecule has 0 radical (unpaired) electrons. The van der Waals surface area contributed by atoms with Crippen LogP contribution in [0, 0.1) is 6.92 Å². The smallest absolute Gasteiger partial charge is 0.267 e. The van der Waals surface area contributed by atoms with E-state index in [4.69, 9.17) is 0 Å². The lowest BCUT2D eigenvalue weighted by Gasteiger charge is -2.20. The number of hydrogen-bond donors (Lipinski definition) is 1. The average Bonchev–Trinajstić information content (AvgIpc) is 2.77. The number of hydrogen-bond acceptors (Lipinski definition) is 4. The maximum Gasteiger partial charge on any atom is 0.267 e. The van der Waals surface area contributed by atoms with Crippen LogP contribution in [-0.2, 0) is 0 Å². The molecular formula is C19H19N3O3. The number of benzene rings is 1. The van der Waals surface area contributed by atoms with Crippen LogP contribution in [0.5, 0.6) is 0 Å². The number of aromatic nitrogens is 1. The highest BCUT2D eigenvalue weighted by Crippen LogP contribution is 2.28. The molecule has 0 unspecified atom stereocenters. The average molecular weight is 337 g/mol. The molecule has 0 saturated carbocycles. The Balaban J connectivity index is 1.97. The minimum absolute atomic E-state index is 0.217. The molecule has 1 N–H and O–H groups in total. The molecule has 3 rings (SSSR count). The molecule has 2 aromatic rings. The van der Waals surface area contributed by atoms with E-state index in [0.29, 0.717) is 5.56 Å². The third-order valence-corrected chi connectivity index (χ3v) is 3.77. The molecule has 6 heteroatoms. The van der Waals surface area contributed by atoms with Gasteiger partial charge in [0.15, 0.2) is 0 Å². The van der Waals surface area contributed by atoms with Crippen LogP contribution in [0.2, 0.25) is 0 Å². The minimum Gasteiger partial charge on any atom is -0.347 e. The van der Waals surface area contributed by atoms with Crippen molar-refractivity contribution in [1.29, 1.82) is 0 Å². The number of imide groups is 1. The molecule has 1 aromatic carbocycles. The number of carbonyl (C=O) groups excluding carboxylic acids is 3. The van der Waals surface area contributed by atoms with Gasteiger partial charge in [0, 0.05) is 17.3 Å². The molecule has 0 saturated heterocycles. The lowest BCUT2D eigenvalue weighted by atomic mass is 10.0. The minimum atomic E-state index is -0.469. The maximum absolute atomic E-state index is 12.7. The first-order chi connectivity index (χ1) is 11.7. The van der Waals surface area contributed by atoms with Crippen LogP contribution in [-0.4, -0.2) is 28.2 Å². The van der Waals surface area contributed by atoms with Crippen LogP contribution in [0.25, 0.3) is 0 Å². The number of anilines is 1. The first kappa shape index (κ1) is 16.8. The fourth-order valence-corrected chi connectivity index (χ4v) is 2.65. The van der Waals surface area contributed by atoms with Gasteiger partial charge in [0.2, 0.25) is 0 Å². The molecule has 0 fully saturated rings. The van der Waals surface area contributed by atoms with Gasteiger partial charge in [-0.1, -0.05) is 0 Å². The fourth-order valence-electron chi connectivity index (χ4n) is 2.65. The summed E-state index contributed by atoms with van der Waals surface area (Å²) in [6.07, 6.45) is 1.55. The number of aryl methyl sites for hydroxylation is 1. The van der Waals surface area contributed by atoms with E-state index in [0.717, 1.165) is 10.5 Å². The molecule has 6 nitrogen and oxygen atoms in total. The summed E-state index contributed by atoms with van der Waals surface area (Å²) in [6, 6.07) is 8.00. The summed E-state index contributed by atoms with van der Waals surface area (Å²) in [5.41, 5.74) is 1.34. The third-order valence-electron chi connectivity index (χ3n) is 3.77. The second-order valence-electron chi connectivity index (χ2n) is 7.10. The topological polar surface area (TPSA) is 79.4 Å². The maximum atomic E-state index is 12.7. The second kappa shape index (κ2) is 5.81. The van der Waals surface area contributed by atoms with E-state index >= 15 is 0 Å². The van der Waals surface area contributed by atoms with Gasteiger partial charge >= 0.3 is 0 Å². The Morgan fingerprint density at radius 2 is 1.72 bits per heavy atom. The van der Waals surface area contributed by atoms with Gasteiger partial charge < -0.3 is 5.32 Å². The molecule has 0 atom stereocenters. The number of amides is 3. The number of rotatable bonds is 2. The SMILES string of the molecule is Cc1ccnc(N2C(=O)c3ccc(C(=O)NC(C)(C)C)cc3C2=O)c1. The van der Waals surface area contributed by atoms with Crippen LogP contribution < -0.4 is 10.2 Å². The van der Waals surface area contributed by atoms with Crippen molar-refractivity contribution in [1.82, 2.24) is 10.3 Å². The fraction of sp³-hybridized carbons (Fsp3) is 0.263. The van der Waals surface area contributed by atoms with Crippen LogP contribution in [0.15, 0.2) is 36.5 Å². The van der Waals surface area contributed by atoms with Crippen molar-refractivity contribution < 1.29 is 14.4 Å². The highest BCUT2D eigenvalue weighted by atomic mass is 16.2. The van der Waals surface area contributed by atoms with Gasteiger partial charge in [0.05, 0.1) is 11.1 Å². The summed E-state index contributed by atoms with van der Waals surface area (Å²) in [5, 5.41) is 2.84. The molecule has 1 aliphatic rings. The third kappa shape index (κ3) is 3.15. The Hall–Kier alpha value is -3.02. The number of nitrogens with zero attached hydrogens (tertiary/aromatic N) is 2. The Morgan fingerprint density at radius 3 is 2.36 bits per heavy atom. The van der Waals surface area contributed by atoms with E-state index in [-0.39, 0.29) is 22.9 Å². The lowest BCUT2D eigenvalue weighted by molar-refractivity contribution is 0.0912. The van der Waals surface area contributed by atoms with Gasteiger partial charge in [0.25, 0.3) is 17.7 Å². The molecule has 2 heterocycles. The first-order valence-electron chi connectivity index (χ1n) is 7.95. The molecule has 3 amide bonds. The van der Waals surface area contributed by atoms with Gasteiger partial charge in [-0.2, -0.15) is 0 Å². The summed E-state index contributed by atoms with van der Waals surface area (Å²) >= 11 is 0. The standard InChI is InChI=1S/C19H19N3O3/c1-11-7-8-20-15(9-11)22-17(24)13-6-5-12(10-14(13)18(22)25)16(23)21-19(2,3)4/h5-10H,1-4H3,(H,21,23). The van der Waals surface area contributed by atoms with Crippen LogP contribution >= 0.6 is 0 Å². The van der Waals surface area contributed by atoms with Crippen molar-refractivity contribution in [3.8, 4) is 0 Å². The predicted molar refractivity (Wildman–Crippen MR) is 93.8 cm³/mol. The molecule has 1 aromatic heterocycles. The summed E-state index contributed by atoms with van der Waals surface area (Å²) < 4.78 is 0. The summed E-state index contributed by atoms with van der Waals surface area (Å²) in [6.45, 7) is 7.48. The van der Waals surface area contributed by atoms with Crippen molar-refractivity contribution >= 4 is 23.5 Å². The zero-order valence-electron chi connectivity index (χ0n) is 14.6. The van der Waals surface area contributed by atoms with Gasteiger partial charge in [0.1, 0.15) is 5.82 Å². The van der Waals surface area contributed by atoms with E-state index < -0.39 is 17.4 Å². The second-order valence-corrected chi connectivity index (χ2v) is 7.10. The van der Waals surface area contributed by atoms with Crippen LogP contribution in [0.4, 0.5) is 5.82 Å². The molecule has 0 spiro atoms. The van der Waals surface area contributed by atoms with Crippen molar-refractivity contribution in [3.63, 3.8) is 0 Å². The Labute approximate surface area is 145 Å². The Kier molecular flexibility index (Phi) is 3.91. The molecule has 1 aliphatic heterocycles. The van der Waals surface area contributed by atoms with Crippen molar-refractivity contribution in [2.75, 3.05) is 4.90 Å². The summed E-state index contributed by atoms with van der Waals surface area (Å²) in [4.78, 5) is 42.8. The number of fused-ring (bicyclic) bond motifs is 1. The van der Waals surface area contributed by atoms with E-state index in [1.165, 1.54) is 12.1 Å².